The van der Waals surface area contributed by atoms with Crippen LogP contribution in [0.1, 0.15) is 12.0 Å². The Labute approximate surface area is 96.0 Å². The van der Waals surface area contributed by atoms with Crippen molar-refractivity contribution in [3.05, 3.63) is 29.8 Å². The fourth-order valence-corrected chi connectivity index (χ4v) is 1.19. The Morgan fingerprint density at radius 1 is 1.38 bits per heavy atom. The van der Waals surface area contributed by atoms with E-state index < -0.39 is 6.10 Å². The van der Waals surface area contributed by atoms with Gasteiger partial charge < -0.3 is 14.6 Å². The Morgan fingerprint density at radius 2 is 2.06 bits per heavy atom. The van der Waals surface area contributed by atoms with E-state index in [9.17, 15) is 0 Å². The lowest BCUT2D eigenvalue weighted by atomic mass is 10.2. The monoisotopic (exact) mass is 220 g/mol. The average molecular weight is 220 g/mol. The normalized spacial score (nSPS) is 11.8. The van der Waals surface area contributed by atoms with Crippen LogP contribution in [0.2, 0.25) is 0 Å². The molecule has 0 unspecified atom stereocenters. The van der Waals surface area contributed by atoms with E-state index in [1.165, 1.54) is 0 Å². The number of hydrogen-bond donors (Lipinski definition) is 1. The van der Waals surface area contributed by atoms with Gasteiger partial charge in [0.2, 0.25) is 0 Å². The molecule has 3 nitrogen and oxygen atoms in total. The first-order valence-corrected chi connectivity index (χ1v) is 5.11. The van der Waals surface area contributed by atoms with Gasteiger partial charge in [0.1, 0.15) is 11.9 Å². The van der Waals surface area contributed by atoms with Gasteiger partial charge in [-0.3, -0.25) is 0 Å². The molecule has 1 rings (SSSR count). The fourth-order valence-electron chi connectivity index (χ4n) is 1.19. The summed E-state index contributed by atoms with van der Waals surface area (Å²) in [5.41, 5.74) is 1.07. The number of rotatable bonds is 6. The van der Waals surface area contributed by atoms with Crippen LogP contribution >= 0.6 is 0 Å². The molecule has 0 saturated heterocycles. The van der Waals surface area contributed by atoms with Gasteiger partial charge in [0, 0.05) is 6.42 Å². The van der Waals surface area contributed by atoms with E-state index in [0.29, 0.717) is 19.6 Å². The second-order valence-corrected chi connectivity index (χ2v) is 3.37. The molecule has 1 N–H and O–H groups in total. The van der Waals surface area contributed by atoms with Crippen molar-refractivity contribution in [3.63, 3.8) is 0 Å². The molecule has 1 aromatic carbocycles. The van der Waals surface area contributed by atoms with Crippen molar-refractivity contribution in [3.8, 4) is 18.1 Å². The first-order chi connectivity index (χ1) is 7.76. The minimum absolute atomic E-state index is 0.456. The average Bonchev–Trinajstić information content (AvgIpc) is 2.35. The molecule has 0 fully saturated rings. The quantitative estimate of drug-likeness (QED) is 0.584. The molecule has 0 bridgehead atoms. The van der Waals surface area contributed by atoms with Crippen molar-refractivity contribution in [1.29, 1.82) is 0 Å². The molecule has 0 spiro atoms. The van der Waals surface area contributed by atoms with Crippen LogP contribution in [-0.4, -0.2) is 24.9 Å². The zero-order valence-corrected chi connectivity index (χ0v) is 9.35. The molecule has 0 aliphatic rings. The van der Waals surface area contributed by atoms with E-state index in [2.05, 4.69) is 5.92 Å². The third-order valence-electron chi connectivity index (χ3n) is 2.16. The summed E-state index contributed by atoms with van der Waals surface area (Å²) in [5.74, 6) is 3.06. The summed E-state index contributed by atoms with van der Waals surface area (Å²) < 4.78 is 10.4. The lowest BCUT2D eigenvalue weighted by Crippen LogP contribution is -2.07. The molecule has 86 valence electrons. The molecule has 0 aromatic heterocycles. The first-order valence-electron chi connectivity index (χ1n) is 5.11. The largest absolute Gasteiger partial charge is 0.497 e. The molecule has 0 aliphatic carbocycles. The molecular formula is C13H16O3. The van der Waals surface area contributed by atoms with Crippen LogP contribution in [0.4, 0.5) is 0 Å². The van der Waals surface area contributed by atoms with Gasteiger partial charge in [-0.15, -0.1) is 6.42 Å². The Kier molecular flexibility index (Phi) is 5.41. The van der Waals surface area contributed by atoms with E-state index in [4.69, 9.17) is 21.0 Å². The highest BCUT2D eigenvalue weighted by molar-refractivity contribution is 5.26. The van der Waals surface area contributed by atoms with Crippen LogP contribution in [0.3, 0.4) is 0 Å². The second-order valence-electron chi connectivity index (χ2n) is 3.37. The van der Waals surface area contributed by atoms with Crippen molar-refractivity contribution in [2.45, 2.75) is 19.1 Å². The Bertz CT molecular complexity index is 337. The van der Waals surface area contributed by atoms with Crippen LogP contribution in [0, 0.1) is 12.3 Å². The van der Waals surface area contributed by atoms with E-state index in [-0.39, 0.29) is 0 Å². The highest BCUT2D eigenvalue weighted by Crippen LogP contribution is 2.11. The highest BCUT2D eigenvalue weighted by Gasteiger charge is 1.99. The van der Waals surface area contributed by atoms with Crippen molar-refractivity contribution in [1.82, 2.24) is 0 Å². The van der Waals surface area contributed by atoms with Crippen molar-refractivity contribution >= 4 is 0 Å². The zero-order valence-electron chi connectivity index (χ0n) is 9.35. The third kappa shape index (κ3) is 4.35. The molecule has 0 aliphatic heterocycles. The maximum absolute atomic E-state index is 9.09. The van der Waals surface area contributed by atoms with E-state index in [1.54, 1.807) is 7.11 Å². The second kappa shape index (κ2) is 6.89. The van der Waals surface area contributed by atoms with Crippen LogP contribution in [0.15, 0.2) is 24.3 Å². The van der Waals surface area contributed by atoms with Crippen molar-refractivity contribution in [2.75, 3.05) is 13.7 Å². The fraction of sp³-hybridized carbons (Fsp3) is 0.385. The standard InChI is InChI=1S/C13H16O3/c1-3-12(14)8-9-16-10-11-4-6-13(15-2)7-5-11/h1,4-7,12,14H,8-10H2,2H3/t12-/m0/s1. The minimum Gasteiger partial charge on any atom is -0.497 e. The van der Waals surface area contributed by atoms with E-state index in [0.717, 1.165) is 11.3 Å². The third-order valence-corrected chi connectivity index (χ3v) is 2.16. The van der Waals surface area contributed by atoms with Gasteiger partial charge in [-0.2, -0.15) is 0 Å². The summed E-state index contributed by atoms with van der Waals surface area (Å²) in [5, 5.41) is 9.09. The van der Waals surface area contributed by atoms with Crippen LogP contribution in [0.25, 0.3) is 0 Å². The molecule has 0 saturated carbocycles. The maximum atomic E-state index is 9.09. The molecule has 0 heterocycles. The molecule has 1 atom stereocenters. The smallest absolute Gasteiger partial charge is 0.118 e. The Balaban J connectivity index is 2.24. The number of terminal acetylenes is 1. The van der Waals surface area contributed by atoms with Gasteiger partial charge in [0.05, 0.1) is 20.3 Å². The van der Waals surface area contributed by atoms with Gasteiger partial charge >= 0.3 is 0 Å². The minimum atomic E-state index is -0.712. The number of aliphatic hydroxyl groups excluding tert-OH is 1. The maximum Gasteiger partial charge on any atom is 0.118 e. The number of ether oxygens (including phenoxy) is 2. The predicted octanol–water partition coefficient (Wildman–Crippen LogP) is 1.60. The lowest BCUT2D eigenvalue weighted by Gasteiger charge is -2.06. The number of methoxy groups -OCH3 is 1. The zero-order chi connectivity index (χ0) is 11.8. The predicted molar refractivity (Wildman–Crippen MR) is 62.1 cm³/mol. The van der Waals surface area contributed by atoms with Crippen molar-refractivity contribution in [2.24, 2.45) is 0 Å². The lowest BCUT2D eigenvalue weighted by molar-refractivity contribution is 0.0907. The molecule has 1 aromatic rings. The van der Waals surface area contributed by atoms with Gasteiger partial charge in [-0.1, -0.05) is 18.1 Å². The van der Waals surface area contributed by atoms with E-state index in [1.807, 2.05) is 24.3 Å². The molecule has 16 heavy (non-hydrogen) atoms. The molecular weight excluding hydrogens is 204 g/mol. The molecule has 3 heteroatoms. The molecule has 0 radical (unpaired) electrons. The summed E-state index contributed by atoms with van der Waals surface area (Å²) in [4.78, 5) is 0. The summed E-state index contributed by atoms with van der Waals surface area (Å²) in [6.45, 7) is 0.971. The number of aliphatic hydroxyl groups is 1. The number of benzene rings is 1. The van der Waals surface area contributed by atoms with Crippen LogP contribution < -0.4 is 4.74 Å². The van der Waals surface area contributed by atoms with Gasteiger partial charge in [-0.05, 0) is 17.7 Å². The van der Waals surface area contributed by atoms with E-state index >= 15 is 0 Å². The van der Waals surface area contributed by atoms with Gasteiger partial charge in [0.25, 0.3) is 0 Å². The van der Waals surface area contributed by atoms with Crippen molar-refractivity contribution < 1.29 is 14.6 Å². The van der Waals surface area contributed by atoms with Crippen LogP contribution in [0.5, 0.6) is 5.75 Å². The number of hydrogen-bond acceptors (Lipinski definition) is 3. The van der Waals surface area contributed by atoms with Crippen LogP contribution in [-0.2, 0) is 11.3 Å². The molecule has 0 amide bonds. The Morgan fingerprint density at radius 3 is 2.62 bits per heavy atom. The highest BCUT2D eigenvalue weighted by atomic mass is 16.5. The van der Waals surface area contributed by atoms with Gasteiger partial charge in [-0.25, -0.2) is 0 Å². The summed E-state index contributed by atoms with van der Waals surface area (Å²) in [6, 6.07) is 7.65. The Hall–Kier alpha value is -1.50. The van der Waals surface area contributed by atoms with Gasteiger partial charge in [0.15, 0.2) is 0 Å². The SMILES string of the molecule is C#C[C@H](O)CCOCc1ccc(OC)cc1. The topological polar surface area (TPSA) is 38.7 Å². The first kappa shape index (κ1) is 12.6. The summed E-state index contributed by atoms with van der Waals surface area (Å²) in [6.07, 6.45) is 4.78. The summed E-state index contributed by atoms with van der Waals surface area (Å²) in [7, 11) is 1.63. The summed E-state index contributed by atoms with van der Waals surface area (Å²) >= 11 is 0.